The van der Waals surface area contributed by atoms with Crippen LogP contribution in [0.25, 0.3) is 0 Å². The van der Waals surface area contributed by atoms with Crippen molar-refractivity contribution in [2.24, 2.45) is 0 Å². The van der Waals surface area contributed by atoms with Crippen LogP contribution in [0, 0.1) is 0 Å². The van der Waals surface area contributed by atoms with Gasteiger partial charge in [0, 0.05) is 18.5 Å². The average Bonchev–Trinajstić information content (AvgIpc) is 2.39. The summed E-state index contributed by atoms with van der Waals surface area (Å²) in [5.41, 5.74) is 0.782. The molecular formula is C14H22ClNO2S. The Morgan fingerprint density at radius 3 is 2.42 bits per heavy atom. The fourth-order valence-corrected chi connectivity index (χ4v) is 3.22. The monoisotopic (exact) mass is 303 g/mol. The topological polar surface area (TPSA) is 37.4 Å². The smallest absolute Gasteiger partial charge is 0.180 e. The van der Waals surface area contributed by atoms with Gasteiger partial charge in [-0.1, -0.05) is 19.1 Å². The summed E-state index contributed by atoms with van der Waals surface area (Å²) in [5.74, 6) is 0.692. The van der Waals surface area contributed by atoms with E-state index in [0.29, 0.717) is 10.8 Å². The summed E-state index contributed by atoms with van der Waals surface area (Å²) in [6.07, 6.45) is 0.834. The van der Waals surface area contributed by atoms with Crippen LogP contribution in [0.15, 0.2) is 29.2 Å². The molecule has 0 aliphatic carbocycles. The number of hydrogen-bond donors (Lipinski definition) is 0. The summed E-state index contributed by atoms with van der Waals surface area (Å²) in [6, 6.07) is 7.43. The Morgan fingerprint density at radius 1 is 1.26 bits per heavy atom. The summed E-state index contributed by atoms with van der Waals surface area (Å²) in [5, 5.41) is 0. The third-order valence-corrected chi connectivity index (χ3v) is 5.09. The maximum Gasteiger partial charge on any atom is 0.180 e. The lowest BCUT2D eigenvalue weighted by Crippen LogP contribution is -2.33. The Labute approximate surface area is 121 Å². The van der Waals surface area contributed by atoms with Crippen LogP contribution in [-0.2, 0) is 9.84 Å². The van der Waals surface area contributed by atoms with Crippen molar-refractivity contribution in [2.75, 3.05) is 23.1 Å². The van der Waals surface area contributed by atoms with Gasteiger partial charge in [0.25, 0.3) is 0 Å². The zero-order valence-corrected chi connectivity index (χ0v) is 13.3. The second kappa shape index (κ2) is 7.15. The van der Waals surface area contributed by atoms with Crippen LogP contribution in [0.2, 0.25) is 0 Å². The summed E-state index contributed by atoms with van der Waals surface area (Å²) in [4.78, 5) is 2.52. The molecule has 3 nitrogen and oxygen atoms in total. The Balaban J connectivity index is 3.24. The minimum Gasteiger partial charge on any atom is -0.368 e. The van der Waals surface area contributed by atoms with Gasteiger partial charge >= 0.3 is 0 Å². The second-order valence-electron chi connectivity index (χ2n) is 4.70. The highest BCUT2D eigenvalue weighted by atomic mass is 35.5. The van der Waals surface area contributed by atoms with Crippen molar-refractivity contribution in [3.8, 4) is 0 Å². The molecule has 0 aliphatic heterocycles. The predicted octanol–water partition coefficient (Wildman–Crippen LogP) is 3.32. The quantitative estimate of drug-likeness (QED) is 0.725. The molecule has 19 heavy (non-hydrogen) atoms. The molecule has 0 spiro atoms. The molecule has 108 valence electrons. The van der Waals surface area contributed by atoms with Crippen molar-refractivity contribution in [1.29, 1.82) is 0 Å². The molecule has 0 aliphatic rings. The third-order valence-electron chi connectivity index (χ3n) is 3.05. The van der Waals surface area contributed by atoms with Crippen LogP contribution in [0.1, 0.15) is 27.2 Å². The van der Waals surface area contributed by atoms with E-state index < -0.39 is 9.84 Å². The largest absolute Gasteiger partial charge is 0.368 e. The van der Waals surface area contributed by atoms with Crippen molar-refractivity contribution < 1.29 is 8.42 Å². The minimum atomic E-state index is -3.21. The maximum absolute atomic E-state index is 12.2. The Bertz CT molecular complexity index is 500. The van der Waals surface area contributed by atoms with Crippen molar-refractivity contribution in [1.82, 2.24) is 0 Å². The number of alkyl halides is 1. The van der Waals surface area contributed by atoms with E-state index in [0.717, 1.165) is 18.7 Å². The normalized spacial score (nSPS) is 11.8. The Morgan fingerprint density at radius 2 is 1.89 bits per heavy atom. The van der Waals surface area contributed by atoms with E-state index >= 15 is 0 Å². The van der Waals surface area contributed by atoms with E-state index in [2.05, 4.69) is 18.7 Å². The van der Waals surface area contributed by atoms with Crippen molar-refractivity contribution in [2.45, 2.75) is 38.1 Å². The summed E-state index contributed by atoms with van der Waals surface area (Å²) >= 11 is 5.75. The second-order valence-corrected chi connectivity index (χ2v) is 7.33. The number of halogens is 1. The molecular weight excluding hydrogens is 282 g/mol. The standard InChI is InChI=1S/C14H22ClNO2S/c1-4-19(17,18)14-9-6-5-8-13(14)16(12(2)3)11-7-10-15/h5-6,8-9,12H,4,7,10-11H2,1-3H3. The van der Waals surface area contributed by atoms with Crippen LogP contribution in [0.4, 0.5) is 5.69 Å². The van der Waals surface area contributed by atoms with E-state index in [1.54, 1.807) is 19.1 Å². The minimum absolute atomic E-state index is 0.117. The first kappa shape index (κ1) is 16.3. The molecule has 0 atom stereocenters. The average molecular weight is 304 g/mol. The van der Waals surface area contributed by atoms with Crippen LogP contribution in [0.3, 0.4) is 0 Å². The summed E-state index contributed by atoms with van der Waals surface area (Å²) in [7, 11) is -3.21. The van der Waals surface area contributed by atoms with Gasteiger partial charge in [-0.3, -0.25) is 0 Å². The van der Waals surface area contributed by atoms with E-state index in [9.17, 15) is 8.42 Å². The molecule has 0 aromatic heterocycles. The van der Waals surface area contributed by atoms with Crippen LogP contribution >= 0.6 is 11.6 Å². The summed E-state index contributed by atoms with van der Waals surface area (Å²) in [6.45, 7) is 6.55. The van der Waals surface area contributed by atoms with E-state index in [1.807, 2.05) is 12.1 Å². The van der Waals surface area contributed by atoms with E-state index in [1.165, 1.54) is 0 Å². The van der Waals surface area contributed by atoms with Gasteiger partial charge in [-0.15, -0.1) is 11.6 Å². The molecule has 0 N–H and O–H groups in total. The number of rotatable bonds is 7. The Hall–Kier alpha value is -0.740. The first-order valence-electron chi connectivity index (χ1n) is 6.58. The number of nitrogens with zero attached hydrogens (tertiary/aromatic N) is 1. The molecule has 0 saturated heterocycles. The first-order chi connectivity index (χ1) is 8.94. The van der Waals surface area contributed by atoms with Gasteiger partial charge in [-0.25, -0.2) is 8.42 Å². The lowest BCUT2D eigenvalue weighted by atomic mass is 10.2. The highest BCUT2D eigenvalue weighted by Gasteiger charge is 2.21. The maximum atomic E-state index is 12.2. The zero-order chi connectivity index (χ0) is 14.5. The molecule has 0 bridgehead atoms. The van der Waals surface area contributed by atoms with Gasteiger partial charge < -0.3 is 4.90 Å². The van der Waals surface area contributed by atoms with E-state index in [4.69, 9.17) is 11.6 Å². The number of anilines is 1. The molecule has 0 heterocycles. The molecule has 0 fully saturated rings. The van der Waals surface area contributed by atoms with Crippen molar-refractivity contribution >= 4 is 27.1 Å². The fourth-order valence-electron chi connectivity index (χ4n) is 2.00. The van der Waals surface area contributed by atoms with Gasteiger partial charge in [-0.2, -0.15) is 0 Å². The molecule has 0 amide bonds. The zero-order valence-electron chi connectivity index (χ0n) is 11.8. The van der Waals surface area contributed by atoms with Gasteiger partial charge in [0.2, 0.25) is 0 Å². The number of para-hydroxylation sites is 1. The molecule has 1 aromatic carbocycles. The number of sulfone groups is 1. The fraction of sp³-hybridized carbons (Fsp3) is 0.571. The Kier molecular flexibility index (Phi) is 6.14. The third kappa shape index (κ3) is 4.11. The SMILES string of the molecule is CCS(=O)(=O)c1ccccc1N(CCCCl)C(C)C. The highest BCUT2D eigenvalue weighted by Crippen LogP contribution is 2.27. The van der Waals surface area contributed by atoms with E-state index in [-0.39, 0.29) is 11.8 Å². The molecule has 1 rings (SSSR count). The predicted molar refractivity (Wildman–Crippen MR) is 82.0 cm³/mol. The number of hydrogen-bond acceptors (Lipinski definition) is 3. The lowest BCUT2D eigenvalue weighted by molar-refractivity contribution is 0.595. The lowest BCUT2D eigenvalue weighted by Gasteiger charge is -2.30. The molecule has 5 heteroatoms. The molecule has 0 unspecified atom stereocenters. The number of benzene rings is 1. The van der Waals surface area contributed by atoms with Crippen molar-refractivity contribution in [3.05, 3.63) is 24.3 Å². The molecule has 1 aromatic rings. The van der Waals surface area contributed by atoms with Crippen LogP contribution < -0.4 is 4.90 Å². The van der Waals surface area contributed by atoms with Crippen LogP contribution in [0.5, 0.6) is 0 Å². The highest BCUT2D eigenvalue weighted by molar-refractivity contribution is 7.91. The van der Waals surface area contributed by atoms with Gasteiger partial charge in [0.15, 0.2) is 9.84 Å². The first-order valence-corrected chi connectivity index (χ1v) is 8.77. The van der Waals surface area contributed by atoms with Gasteiger partial charge in [0.05, 0.1) is 16.3 Å². The van der Waals surface area contributed by atoms with Crippen molar-refractivity contribution in [3.63, 3.8) is 0 Å². The van der Waals surface area contributed by atoms with Crippen LogP contribution in [-0.4, -0.2) is 32.6 Å². The van der Waals surface area contributed by atoms with Gasteiger partial charge in [-0.05, 0) is 32.4 Å². The van der Waals surface area contributed by atoms with Gasteiger partial charge in [0.1, 0.15) is 0 Å². The summed E-state index contributed by atoms with van der Waals surface area (Å²) < 4.78 is 24.3. The molecule has 0 radical (unpaired) electrons. The molecule has 0 saturated carbocycles.